The number of aromatic nitrogens is 2. The summed E-state index contributed by atoms with van der Waals surface area (Å²) < 4.78 is 0. The predicted octanol–water partition coefficient (Wildman–Crippen LogP) is 4.23. The summed E-state index contributed by atoms with van der Waals surface area (Å²) in [6.07, 6.45) is 10.1. The van der Waals surface area contributed by atoms with E-state index in [0.717, 1.165) is 28.5 Å². The minimum absolute atomic E-state index is 0. The lowest BCUT2D eigenvalue weighted by atomic mass is 9.69. The Balaban J connectivity index is 0.00000169. The molecule has 0 amide bonds. The number of nitrogens with zero attached hydrogens (tertiary/aromatic N) is 3. The molecule has 2 atom stereocenters. The topological polar surface area (TPSA) is 64.2 Å². The zero-order chi connectivity index (χ0) is 15.7. The van der Waals surface area contributed by atoms with Crippen molar-refractivity contribution >= 4 is 16.9 Å². The Kier molecular flexibility index (Phi) is 4.90. The third-order valence-electron chi connectivity index (χ3n) is 5.03. The van der Waals surface area contributed by atoms with Crippen LogP contribution in [0.1, 0.15) is 38.7 Å². The molecule has 0 radical (unpaired) electrons. The molecule has 2 heterocycles. The van der Waals surface area contributed by atoms with E-state index < -0.39 is 0 Å². The SMILES string of the molecule is C.NC1=NC2(c3cccc(-c4cncnc4)c3)CCCC[C@H]2CS1. The van der Waals surface area contributed by atoms with Crippen LogP contribution >= 0.6 is 11.8 Å². The van der Waals surface area contributed by atoms with Crippen molar-refractivity contribution in [3.8, 4) is 11.1 Å². The summed E-state index contributed by atoms with van der Waals surface area (Å²) in [6, 6.07) is 8.69. The molecule has 1 aliphatic heterocycles. The van der Waals surface area contributed by atoms with Crippen LogP contribution in [0, 0.1) is 5.92 Å². The maximum absolute atomic E-state index is 6.11. The summed E-state index contributed by atoms with van der Waals surface area (Å²) in [5.41, 5.74) is 9.44. The number of hydrogen-bond donors (Lipinski definition) is 1. The Morgan fingerprint density at radius 2 is 1.96 bits per heavy atom. The zero-order valence-corrected chi connectivity index (χ0v) is 13.8. The van der Waals surface area contributed by atoms with Crippen molar-refractivity contribution in [2.45, 2.75) is 38.6 Å². The lowest BCUT2D eigenvalue weighted by Crippen LogP contribution is -2.42. The molecule has 1 aliphatic carbocycles. The average Bonchev–Trinajstić information content (AvgIpc) is 2.62. The first-order valence-electron chi connectivity index (χ1n) is 8.12. The summed E-state index contributed by atoms with van der Waals surface area (Å²) in [4.78, 5) is 13.2. The van der Waals surface area contributed by atoms with Gasteiger partial charge in [-0.25, -0.2) is 9.97 Å². The first kappa shape index (κ1) is 17.0. The minimum atomic E-state index is -0.140. The second-order valence-corrected chi connectivity index (χ2v) is 7.38. The van der Waals surface area contributed by atoms with E-state index in [4.69, 9.17) is 10.7 Å². The highest BCUT2D eigenvalue weighted by Crippen LogP contribution is 2.49. The maximum atomic E-state index is 6.11. The Morgan fingerprint density at radius 3 is 2.79 bits per heavy atom. The minimum Gasteiger partial charge on any atom is -0.379 e. The molecule has 0 spiro atoms. The lowest BCUT2D eigenvalue weighted by Gasteiger charge is -2.44. The standard InChI is InChI=1S/C18H20N4S.CH4/c19-17-22-18(7-2-1-5-16(18)11-23-17)15-6-3-4-13(8-15)14-9-20-12-21-10-14;/h3-4,6,8-10,12,16H,1-2,5,7,11H2,(H2,19,22);1H4/t16-,18?;/m0./s1. The molecule has 5 heteroatoms. The Labute approximate surface area is 148 Å². The van der Waals surface area contributed by atoms with Crippen molar-refractivity contribution in [2.24, 2.45) is 16.6 Å². The van der Waals surface area contributed by atoms with Crippen LogP contribution in [0.5, 0.6) is 0 Å². The first-order chi connectivity index (χ1) is 11.3. The van der Waals surface area contributed by atoms with Crippen molar-refractivity contribution < 1.29 is 0 Å². The van der Waals surface area contributed by atoms with Crippen molar-refractivity contribution in [1.82, 2.24) is 9.97 Å². The predicted molar refractivity (Wildman–Crippen MR) is 102 cm³/mol. The van der Waals surface area contributed by atoms with Gasteiger partial charge in [0.15, 0.2) is 5.17 Å². The Bertz CT molecular complexity index is 731. The van der Waals surface area contributed by atoms with E-state index in [1.165, 1.54) is 24.8 Å². The smallest absolute Gasteiger partial charge is 0.154 e. The molecule has 1 aromatic carbocycles. The van der Waals surface area contributed by atoms with Crippen molar-refractivity contribution in [1.29, 1.82) is 0 Å². The molecule has 0 saturated heterocycles. The van der Waals surface area contributed by atoms with Crippen LogP contribution in [0.4, 0.5) is 0 Å². The molecule has 1 aromatic heterocycles. The normalized spacial score (nSPS) is 26.0. The van der Waals surface area contributed by atoms with Crippen LogP contribution in [0.2, 0.25) is 0 Å². The van der Waals surface area contributed by atoms with Gasteiger partial charge >= 0.3 is 0 Å². The second kappa shape index (κ2) is 6.93. The van der Waals surface area contributed by atoms with Crippen molar-refractivity contribution in [2.75, 3.05) is 5.75 Å². The van der Waals surface area contributed by atoms with Gasteiger partial charge in [0, 0.05) is 23.7 Å². The fourth-order valence-electron chi connectivity index (χ4n) is 3.87. The molecule has 2 N–H and O–H groups in total. The zero-order valence-electron chi connectivity index (χ0n) is 13.0. The molecule has 1 fully saturated rings. The number of nitrogens with two attached hydrogens (primary N) is 1. The molecular weight excluding hydrogens is 316 g/mol. The molecule has 1 unspecified atom stereocenters. The van der Waals surface area contributed by atoms with E-state index in [2.05, 4.69) is 34.2 Å². The van der Waals surface area contributed by atoms with Gasteiger partial charge in [-0.3, -0.25) is 4.99 Å². The van der Waals surface area contributed by atoms with Gasteiger partial charge in [0.2, 0.25) is 0 Å². The van der Waals surface area contributed by atoms with E-state index in [0.29, 0.717) is 5.92 Å². The van der Waals surface area contributed by atoms with Crippen LogP contribution in [-0.2, 0) is 5.54 Å². The number of fused-ring (bicyclic) bond motifs is 1. The van der Waals surface area contributed by atoms with Gasteiger partial charge in [-0.05, 0) is 36.0 Å². The first-order valence-corrected chi connectivity index (χ1v) is 9.10. The van der Waals surface area contributed by atoms with Crippen LogP contribution in [0.3, 0.4) is 0 Å². The highest BCUT2D eigenvalue weighted by molar-refractivity contribution is 8.13. The number of hydrogen-bond acceptors (Lipinski definition) is 5. The van der Waals surface area contributed by atoms with Crippen LogP contribution in [0.25, 0.3) is 11.1 Å². The molecule has 2 aromatic rings. The molecule has 4 rings (SSSR count). The molecule has 2 aliphatic rings. The van der Waals surface area contributed by atoms with Gasteiger partial charge in [0.25, 0.3) is 0 Å². The molecule has 126 valence electrons. The number of thioether (sulfide) groups is 1. The maximum Gasteiger partial charge on any atom is 0.154 e. The highest BCUT2D eigenvalue weighted by Gasteiger charge is 2.44. The average molecular weight is 340 g/mol. The third kappa shape index (κ3) is 2.93. The van der Waals surface area contributed by atoms with Gasteiger partial charge in [0.05, 0.1) is 5.54 Å². The lowest BCUT2D eigenvalue weighted by molar-refractivity contribution is 0.212. The molecule has 4 nitrogen and oxygen atoms in total. The van der Waals surface area contributed by atoms with Crippen molar-refractivity contribution in [3.05, 3.63) is 48.5 Å². The van der Waals surface area contributed by atoms with E-state index in [-0.39, 0.29) is 13.0 Å². The third-order valence-corrected chi connectivity index (χ3v) is 5.99. The van der Waals surface area contributed by atoms with Gasteiger partial charge in [-0.2, -0.15) is 0 Å². The largest absolute Gasteiger partial charge is 0.379 e. The summed E-state index contributed by atoms with van der Waals surface area (Å²) in [6.45, 7) is 0. The fourth-order valence-corrected chi connectivity index (χ4v) is 4.91. The highest BCUT2D eigenvalue weighted by atomic mass is 32.2. The van der Waals surface area contributed by atoms with Crippen LogP contribution in [0.15, 0.2) is 48.0 Å². The Hall–Kier alpha value is -1.88. The van der Waals surface area contributed by atoms with E-state index in [9.17, 15) is 0 Å². The quantitative estimate of drug-likeness (QED) is 0.888. The molecular formula is C19H24N4S. The summed E-state index contributed by atoms with van der Waals surface area (Å²) in [5.74, 6) is 1.66. The monoisotopic (exact) mass is 340 g/mol. The van der Waals surface area contributed by atoms with E-state index in [1.54, 1.807) is 18.1 Å². The summed E-state index contributed by atoms with van der Waals surface area (Å²) in [7, 11) is 0. The van der Waals surface area contributed by atoms with Crippen molar-refractivity contribution in [3.63, 3.8) is 0 Å². The summed E-state index contributed by atoms with van der Waals surface area (Å²) in [5, 5.41) is 0.733. The fraction of sp³-hybridized carbons (Fsp3) is 0.421. The number of benzene rings is 1. The Morgan fingerprint density at radius 1 is 1.12 bits per heavy atom. The van der Waals surface area contributed by atoms with Crippen LogP contribution in [-0.4, -0.2) is 20.9 Å². The molecule has 24 heavy (non-hydrogen) atoms. The summed E-state index contributed by atoms with van der Waals surface area (Å²) >= 11 is 1.71. The van der Waals surface area contributed by atoms with Gasteiger partial charge in [-0.1, -0.05) is 50.2 Å². The second-order valence-electron chi connectivity index (χ2n) is 6.34. The van der Waals surface area contributed by atoms with E-state index in [1.807, 2.05) is 12.4 Å². The van der Waals surface area contributed by atoms with Gasteiger partial charge < -0.3 is 5.73 Å². The van der Waals surface area contributed by atoms with Gasteiger partial charge in [-0.15, -0.1) is 0 Å². The number of aliphatic imine (C=N–C) groups is 1. The van der Waals surface area contributed by atoms with Crippen LogP contribution < -0.4 is 5.73 Å². The number of amidine groups is 1. The molecule has 0 bridgehead atoms. The van der Waals surface area contributed by atoms with E-state index >= 15 is 0 Å². The molecule has 1 saturated carbocycles. The van der Waals surface area contributed by atoms with Gasteiger partial charge in [0.1, 0.15) is 6.33 Å². The number of rotatable bonds is 2.